The van der Waals surface area contributed by atoms with E-state index in [0.717, 1.165) is 34.5 Å². The second-order valence-corrected chi connectivity index (χ2v) is 6.45. The van der Waals surface area contributed by atoms with Crippen LogP contribution < -0.4 is 5.32 Å². The van der Waals surface area contributed by atoms with Crippen LogP contribution in [0.3, 0.4) is 0 Å². The van der Waals surface area contributed by atoms with Gasteiger partial charge in [-0.25, -0.2) is 13.8 Å². The molecule has 0 spiro atoms. The number of aromatic nitrogens is 1. The summed E-state index contributed by atoms with van der Waals surface area (Å²) in [5, 5.41) is 4.18. The Morgan fingerprint density at radius 2 is 2.05 bits per heavy atom. The molecule has 1 aromatic heterocycles. The molecule has 1 heterocycles. The van der Waals surface area contributed by atoms with Crippen molar-refractivity contribution in [2.24, 2.45) is 0 Å². The summed E-state index contributed by atoms with van der Waals surface area (Å²) in [6.45, 7) is 3.93. The SMILES string of the molecule is Cc1nc(C(NC2CC2)c2cccc(F)c2F)sc1C. The Bertz CT molecular complexity index is 615. The van der Waals surface area contributed by atoms with E-state index >= 15 is 0 Å². The van der Waals surface area contributed by atoms with Crippen molar-refractivity contribution in [3.63, 3.8) is 0 Å². The van der Waals surface area contributed by atoms with E-state index in [1.807, 2.05) is 13.8 Å². The highest BCUT2D eigenvalue weighted by Gasteiger charge is 2.30. The van der Waals surface area contributed by atoms with Gasteiger partial charge in [0.15, 0.2) is 11.6 Å². The number of nitrogens with zero attached hydrogens (tertiary/aromatic N) is 1. The van der Waals surface area contributed by atoms with E-state index in [-0.39, 0.29) is 6.04 Å². The van der Waals surface area contributed by atoms with Crippen LogP contribution in [0.5, 0.6) is 0 Å². The summed E-state index contributed by atoms with van der Waals surface area (Å²) >= 11 is 1.54. The summed E-state index contributed by atoms with van der Waals surface area (Å²) in [5.41, 5.74) is 1.29. The van der Waals surface area contributed by atoms with Crippen molar-refractivity contribution in [2.45, 2.75) is 38.8 Å². The summed E-state index contributed by atoms with van der Waals surface area (Å²) in [6.07, 6.45) is 2.16. The van der Waals surface area contributed by atoms with Crippen molar-refractivity contribution >= 4 is 11.3 Å². The Labute approximate surface area is 120 Å². The molecule has 0 aliphatic heterocycles. The van der Waals surface area contributed by atoms with E-state index in [2.05, 4.69) is 10.3 Å². The minimum Gasteiger partial charge on any atom is -0.301 e. The molecule has 1 N–H and O–H groups in total. The maximum absolute atomic E-state index is 14.1. The van der Waals surface area contributed by atoms with Crippen molar-refractivity contribution in [3.05, 3.63) is 51.0 Å². The molecule has 1 fully saturated rings. The molecular formula is C15H16F2N2S. The number of thiazole rings is 1. The third kappa shape index (κ3) is 2.60. The van der Waals surface area contributed by atoms with E-state index in [0.29, 0.717) is 11.6 Å². The Hall–Kier alpha value is -1.33. The van der Waals surface area contributed by atoms with Crippen LogP contribution in [0.1, 0.15) is 40.0 Å². The van der Waals surface area contributed by atoms with Gasteiger partial charge in [-0.05, 0) is 32.8 Å². The molecular weight excluding hydrogens is 278 g/mol. The van der Waals surface area contributed by atoms with Gasteiger partial charge in [0.05, 0.1) is 11.7 Å². The molecule has 1 unspecified atom stereocenters. The Balaban J connectivity index is 2.02. The highest BCUT2D eigenvalue weighted by molar-refractivity contribution is 7.11. The highest BCUT2D eigenvalue weighted by Crippen LogP contribution is 2.33. The third-order valence-electron chi connectivity index (χ3n) is 3.56. The second kappa shape index (κ2) is 5.22. The number of nitrogens with one attached hydrogen (secondary N) is 1. The van der Waals surface area contributed by atoms with Gasteiger partial charge in [0, 0.05) is 16.5 Å². The molecule has 1 aromatic carbocycles. The first-order valence-electron chi connectivity index (χ1n) is 6.70. The van der Waals surface area contributed by atoms with Gasteiger partial charge in [0.25, 0.3) is 0 Å². The zero-order valence-electron chi connectivity index (χ0n) is 11.4. The van der Waals surface area contributed by atoms with Crippen molar-refractivity contribution < 1.29 is 8.78 Å². The molecule has 1 aliphatic carbocycles. The van der Waals surface area contributed by atoms with E-state index in [1.54, 1.807) is 12.1 Å². The lowest BCUT2D eigenvalue weighted by atomic mass is 10.1. The lowest BCUT2D eigenvalue weighted by Gasteiger charge is -2.17. The molecule has 20 heavy (non-hydrogen) atoms. The molecule has 1 atom stereocenters. The molecule has 0 bridgehead atoms. The predicted molar refractivity (Wildman–Crippen MR) is 75.9 cm³/mol. The third-order valence-corrected chi connectivity index (χ3v) is 4.70. The average Bonchev–Trinajstić information content (AvgIpc) is 3.17. The minimum atomic E-state index is -0.810. The van der Waals surface area contributed by atoms with Crippen LogP contribution in [0.15, 0.2) is 18.2 Å². The smallest absolute Gasteiger partial charge is 0.164 e. The first-order chi connectivity index (χ1) is 9.56. The van der Waals surface area contributed by atoms with E-state index in [1.165, 1.54) is 11.3 Å². The maximum atomic E-state index is 14.1. The van der Waals surface area contributed by atoms with Crippen molar-refractivity contribution in [3.8, 4) is 0 Å². The number of benzene rings is 1. The summed E-state index contributed by atoms with van der Waals surface area (Å²) in [6, 6.07) is 4.33. The summed E-state index contributed by atoms with van der Waals surface area (Å²) in [5.74, 6) is -1.59. The van der Waals surface area contributed by atoms with Gasteiger partial charge in [0.2, 0.25) is 0 Å². The first-order valence-corrected chi connectivity index (χ1v) is 7.52. The predicted octanol–water partition coefficient (Wildman–Crippen LogP) is 3.88. The fourth-order valence-corrected chi connectivity index (χ4v) is 3.15. The first kappa shape index (κ1) is 13.6. The monoisotopic (exact) mass is 294 g/mol. The molecule has 1 saturated carbocycles. The van der Waals surface area contributed by atoms with Crippen molar-refractivity contribution in [1.29, 1.82) is 0 Å². The van der Waals surface area contributed by atoms with Crippen molar-refractivity contribution in [2.75, 3.05) is 0 Å². The normalized spacial score (nSPS) is 16.4. The number of hydrogen-bond donors (Lipinski definition) is 1. The van der Waals surface area contributed by atoms with E-state index in [4.69, 9.17) is 0 Å². The molecule has 0 saturated heterocycles. The lowest BCUT2D eigenvalue weighted by Crippen LogP contribution is -2.25. The number of hydrogen-bond acceptors (Lipinski definition) is 3. The van der Waals surface area contributed by atoms with Gasteiger partial charge >= 0.3 is 0 Å². The standard InChI is InChI=1S/C15H16F2N2S/c1-8-9(2)20-15(18-8)14(19-10-6-7-10)11-4-3-5-12(16)13(11)17/h3-5,10,14,19H,6-7H2,1-2H3. The van der Waals surface area contributed by atoms with Crippen molar-refractivity contribution in [1.82, 2.24) is 10.3 Å². The minimum absolute atomic E-state index is 0.339. The topological polar surface area (TPSA) is 24.9 Å². The van der Waals surface area contributed by atoms with Crippen LogP contribution in [0, 0.1) is 25.5 Å². The van der Waals surface area contributed by atoms with Crippen LogP contribution in [0.4, 0.5) is 8.78 Å². The van der Waals surface area contributed by atoms with Gasteiger partial charge in [-0.1, -0.05) is 12.1 Å². The molecule has 1 aliphatic rings. The van der Waals surface area contributed by atoms with Gasteiger partial charge in [0.1, 0.15) is 5.01 Å². The zero-order chi connectivity index (χ0) is 14.3. The second-order valence-electron chi connectivity index (χ2n) is 5.21. The molecule has 3 rings (SSSR count). The van der Waals surface area contributed by atoms with Crippen LogP contribution in [-0.2, 0) is 0 Å². The summed E-state index contributed by atoms with van der Waals surface area (Å²) < 4.78 is 27.6. The van der Waals surface area contributed by atoms with Gasteiger partial charge in [-0.3, -0.25) is 0 Å². The quantitative estimate of drug-likeness (QED) is 0.925. The molecule has 2 nitrogen and oxygen atoms in total. The Morgan fingerprint density at radius 1 is 1.30 bits per heavy atom. The van der Waals surface area contributed by atoms with Crippen LogP contribution in [0.2, 0.25) is 0 Å². The molecule has 0 amide bonds. The lowest BCUT2D eigenvalue weighted by molar-refractivity contribution is 0.479. The Morgan fingerprint density at radius 3 is 2.65 bits per heavy atom. The number of aryl methyl sites for hydroxylation is 2. The molecule has 5 heteroatoms. The van der Waals surface area contributed by atoms with E-state index in [9.17, 15) is 8.78 Å². The summed E-state index contributed by atoms with van der Waals surface area (Å²) in [4.78, 5) is 5.62. The number of halogens is 2. The molecule has 0 radical (unpaired) electrons. The average molecular weight is 294 g/mol. The van der Waals surface area contributed by atoms with Crippen LogP contribution in [-0.4, -0.2) is 11.0 Å². The fraction of sp³-hybridized carbons (Fsp3) is 0.400. The van der Waals surface area contributed by atoms with Gasteiger partial charge in [-0.15, -0.1) is 11.3 Å². The van der Waals surface area contributed by atoms with Crippen LogP contribution in [0.25, 0.3) is 0 Å². The maximum Gasteiger partial charge on any atom is 0.164 e. The van der Waals surface area contributed by atoms with Gasteiger partial charge < -0.3 is 5.32 Å². The highest BCUT2D eigenvalue weighted by atomic mass is 32.1. The fourth-order valence-electron chi connectivity index (χ4n) is 2.14. The van der Waals surface area contributed by atoms with E-state index < -0.39 is 11.6 Å². The summed E-state index contributed by atoms with van der Waals surface area (Å²) in [7, 11) is 0. The Kier molecular flexibility index (Phi) is 3.56. The van der Waals surface area contributed by atoms with Gasteiger partial charge in [-0.2, -0.15) is 0 Å². The molecule has 2 aromatic rings. The largest absolute Gasteiger partial charge is 0.301 e. The molecule has 106 valence electrons. The van der Waals surface area contributed by atoms with Crippen LogP contribution >= 0.6 is 11.3 Å². The zero-order valence-corrected chi connectivity index (χ0v) is 12.2. The number of rotatable bonds is 4.